The summed E-state index contributed by atoms with van der Waals surface area (Å²) in [5, 5.41) is 12.6. The van der Waals surface area contributed by atoms with Crippen molar-refractivity contribution in [2.45, 2.75) is 39.2 Å². The molecule has 0 aliphatic rings. The second kappa shape index (κ2) is 5.08. The van der Waals surface area contributed by atoms with Gasteiger partial charge in [0.15, 0.2) is 5.75 Å². The first-order valence-corrected chi connectivity index (χ1v) is 5.77. The SMILES string of the molecule is CCCC(C)(C)NC(=O)c1cccc(N)c1O. The Morgan fingerprint density at radius 1 is 1.47 bits per heavy atom. The Morgan fingerprint density at radius 3 is 2.71 bits per heavy atom. The van der Waals surface area contributed by atoms with Crippen molar-refractivity contribution in [1.82, 2.24) is 5.32 Å². The van der Waals surface area contributed by atoms with Gasteiger partial charge in [0.2, 0.25) is 0 Å². The predicted molar refractivity (Wildman–Crippen MR) is 69.0 cm³/mol. The second-order valence-electron chi connectivity index (χ2n) is 4.83. The van der Waals surface area contributed by atoms with Gasteiger partial charge in [-0.15, -0.1) is 0 Å². The highest BCUT2D eigenvalue weighted by atomic mass is 16.3. The van der Waals surface area contributed by atoms with Gasteiger partial charge >= 0.3 is 0 Å². The molecule has 1 rings (SSSR count). The lowest BCUT2D eigenvalue weighted by Crippen LogP contribution is -2.43. The van der Waals surface area contributed by atoms with E-state index in [1.165, 1.54) is 0 Å². The molecular weight excluding hydrogens is 216 g/mol. The molecule has 0 saturated carbocycles. The highest BCUT2D eigenvalue weighted by Crippen LogP contribution is 2.25. The predicted octanol–water partition coefficient (Wildman–Crippen LogP) is 2.28. The average molecular weight is 236 g/mol. The average Bonchev–Trinajstić information content (AvgIpc) is 2.21. The van der Waals surface area contributed by atoms with E-state index in [1.54, 1.807) is 18.2 Å². The number of hydrogen-bond donors (Lipinski definition) is 3. The molecule has 0 bridgehead atoms. The van der Waals surface area contributed by atoms with Gasteiger partial charge in [-0.3, -0.25) is 4.79 Å². The smallest absolute Gasteiger partial charge is 0.255 e. The van der Waals surface area contributed by atoms with Gasteiger partial charge in [0, 0.05) is 5.54 Å². The Hall–Kier alpha value is -1.71. The van der Waals surface area contributed by atoms with Crippen LogP contribution >= 0.6 is 0 Å². The third kappa shape index (κ3) is 3.37. The van der Waals surface area contributed by atoms with E-state index in [9.17, 15) is 9.90 Å². The standard InChI is InChI=1S/C13H20N2O2/c1-4-8-13(2,3)15-12(17)9-6-5-7-10(14)11(9)16/h5-7,16H,4,8,14H2,1-3H3,(H,15,17). The van der Waals surface area contributed by atoms with E-state index < -0.39 is 0 Å². The van der Waals surface area contributed by atoms with Crippen molar-refractivity contribution < 1.29 is 9.90 Å². The van der Waals surface area contributed by atoms with Crippen LogP contribution in [0.1, 0.15) is 44.0 Å². The van der Waals surface area contributed by atoms with Gasteiger partial charge in [0.05, 0.1) is 11.3 Å². The summed E-state index contributed by atoms with van der Waals surface area (Å²) in [5.41, 5.74) is 5.69. The monoisotopic (exact) mass is 236 g/mol. The summed E-state index contributed by atoms with van der Waals surface area (Å²) in [5.74, 6) is -0.453. The highest BCUT2D eigenvalue weighted by Gasteiger charge is 2.22. The van der Waals surface area contributed by atoms with Crippen LogP contribution in [0.4, 0.5) is 5.69 Å². The molecule has 0 atom stereocenters. The van der Waals surface area contributed by atoms with Crippen LogP contribution in [0.5, 0.6) is 5.75 Å². The van der Waals surface area contributed by atoms with Crippen LogP contribution in [0.25, 0.3) is 0 Å². The largest absolute Gasteiger partial charge is 0.505 e. The molecule has 4 N–H and O–H groups in total. The number of para-hydroxylation sites is 1. The van der Waals surface area contributed by atoms with Crippen molar-refractivity contribution in [1.29, 1.82) is 0 Å². The topological polar surface area (TPSA) is 75.4 Å². The minimum Gasteiger partial charge on any atom is -0.505 e. The van der Waals surface area contributed by atoms with E-state index in [4.69, 9.17) is 5.73 Å². The lowest BCUT2D eigenvalue weighted by molar-refractivity contribution is 0.0906. The molecule has 1 amide bonds. The molecule has 0 aliphatic carbocycles. The molecule has 17 heavy (non-hydrogen) atoms. The van der Waals surface area contributed by atoms with Crippen LogP contribution in [0.15, 0.2) is 18.2 Å². The molecule has 0 radical (unpaired) electrons. The lowest BCUT2D eigenvalue weighted by atomic mass is 9.98. The molecule has 0 fully saturated rings. The molecule has 4 nitrogen and oxygen atoms in total. The van der Waals surface area contributed by atoms with Crippen LogP contribution in [-0.2, 0) is 0 Å². The molecule has 4 heteroatoms. The second-order valence-corrected chi connectivity index (χ2v) is 4.83. The molecule has 0 unspecified atom stereocenters. The summed E-state index contributed by atoms with van der Waals surface area (Å²) in [6.45, 7) is 5.97. The summed E-state index contributed by atoms with van der Waals surface area (Å²) in [6.07, 6.45) is 1.86. The van der Waals surface area contributed by atoms with Gasteiger partial charge < -0.3 is 16.2 Å². The number of anilines is 1. The summed E-state index contributed by atoms with van der Waals surface area (Å²) in [6, 6.07) is 4.77. The van der Waals surface area contributed by atoms with E-state index in [-0.39, 0.29) is 28.4 Å². The van der Waals surface area contributed by atoms with Crippen molar-refractivity contribution in [2.75, 3.05) is 5.73 Å². The molecule has 1 aromatic carbocycles. The van der Waals surface area contributed by atoms with E-state index in [2.05, 4.69) is 12.2 Å². The maximum Gasteiger partial charge on any atom is 0.255 e. The van der Waals surface area contributed by atoms with Crippen LogP contribution < -0.4 is 11.1 Å². The fourth-order valence-electron chi connectivity index (χ4n) is 1.81. The maximum absolute atomic E-state index is 12.0. The van der Waals surface area contributed by atoms with Gasteiger partial charge in [-0.25, -0.2) is 0 Å². The number of phenolic OH excluding ortho intramolecular Hbond substituents is 1. The van der Waals surface area contributed by atoms with Crippen molar-refractivity contribution in [2.24, 2.45) is 0 Å². The Kier molecular flexibility index (Phi) is 3.99. The van der Waals surface area contributed by atoms with Gasteiger partial charge in [0.1, 0.15) is 0 Å². The van der Waals surface area contributed by atoms with E-state index >= 15 is 0 Å². The highest BCUT2D eigenvalue weighted by molar-refractivity contribution is 5.98. The maximum atomic E-state index is 12.0. The van der Waals surface area contributed by atoms with Crippen molar-refractivity contribution in [3.8, 4) is 5.75 Å². The number of nitrogens with one attached hydrogen (secondary N) is 1. The van der Waals surface area contributed by atoms with Gasteiger partial charge in [0.25, 0.3) is 5.91 Å². The first kappa shape index (κ1) is 13.4. The van der Waals surface area contributed by atoms with Crippen molar-refractivity contribution in [3.63, 3.8) is 0 Å². The number of rotatable bonds is 4. The molecule has 94 valence electrons. The fourth-order valence-corrected chi connectivity index (χ4v) is 1.81. The van der Waals surface area contributed by atoms with Crippen LogP contribution in [0.2, 0.25) is 0 Å². The first-order chi connectivity index (χ1) is 7.87. The Bertz CT molecular complexity index is 414. The minimum atomic E-state index is -0.298. The third-order valence-electron chi connectivity index (χ3n) is 2.64. The number of aromatic hydroxyl groups is 1. The van der Waals surface area contributed by atoms with Gasteiger partial charge in [-0.1, -0.05) is 19.4 Å². The number of nitrogen functional groups attached to an aromatic ring is 1. The number of phenols is 1. The molecule has 0 spiro atoms. The molecule has 0 aliphatic heterocycles. The fraction of sp³-hybridized carbons (Fsp3) is 0.462. The van der Waals surface area contributed by atoms with E-state index in [1.807, 2.05) is 13.8 Å². The third-order valence-corrected chi connectivity index (χ3v) is 2.64. The molecule has 0 aromatic heterocycles. The molecular formula is C13H20N2O2. The summed E-state index contributed by atoms with van der Waals surface area (Å²) in [7, 11) is 0. The molecule has 0 heterocycles. The zero-order valence-corrected chi connectivity index (χ0v) is 10.6. The Morgan fingerprint density at radius 2 is 2.12 bits per heavy atom. The Labute approximate surface area is 102 Å². The number of amides is 1. The lowest BCUT2D eigenvalue weighted by Gasteiger charge is -2.26. The minimum absolute atomic E-state index is 0.155. The van der Waals surface area contributed by atoms with E-state index in [0.29, 0.717) is 0 Å². The van der Waals surface area contributed by atoms with Gasteiger partial charge in [-0.2, -0.15) is 0 Å². The van der Waals surface area contributed by atoms with E-state index in [0.717, 1.165) is 12.8 Å². The zero-order valence-electron chi connectivity index (χ0n) is 10.6. The number of carbonyl (C=O) groups excluding carboxylic acids is 1. The van der Waals surface area contributed by atoms with Crippen molar-refractivity contribution >= 4 is 11.6 Å². The van der Waals surface area contributed by atoms with Crippen LogP contribution in [-0.4, -0.2) is 16.6 Å². The number of carbonyl (C=O) groups is 1. The first-order valence-electron chi connectivity index (χ1n) is 5.77. The number of benzene rings is 1. The molecule has 0 saturated heterocycles. The summed E-state index contributed by atoms with van der Waals surface area (Å²) in [4.78, 5) is 12.0. The number of nitrogens with two attached hydrogens (primary N) is 1. The normalized spacial score (nSPS) is 11.2. The zero-order chi connectivity index (χ0) is 13.1. The van der Waals surface area contributed by atoms with Gasteiger partial charge in [-0.05, 0) is 32.4 Å². The van der Waals surface area contributed by atoms with Crippen LogP contribution in [0.3, 0.4) is 0 Å². The number of hydrogen-bond acceptors (Lipinski definition) is 3. The quantitative estimate of drug-likeness (QED) is 0.554. The summed E-state index contributed by atoms with van der Waals surface area (Å²) >= 11 is 0. The van der Waals surface area contributed by atoms with Crippen molar-refractivity contribution in [3.05, 3.63) is 23.8 Å². The summed E-state index contributed by atoms with van der Waals surface area (Å²) < 4.78 is 0. The molecule has 1 aromatic rings. The Balaban J connectivity index is 2.87. The van der Waals surface area contributed by atoms with Crippen LogP contribution in [0, 0.1) is 0 Å².